The fraction of sp³-hybridized carbons (Fsp3) is 1.00. The van der Waals surface area contributed by atoms with E-state index < -0.39 is 0 Å². The first-order valence-corrected chi connectivity index (χ1v) is 6.12. The number of nitrogens with one attached hydrogen (secondary N) is 1. The summed E-state index contributed by atoms with van der Waals surface area (Å²) < 4.78 is 0. The maximum atomic E-state index is 9.87. The molecule has 0 aliphatic heterocycles. The number of aliphatic hydroxyl groups is 1. The molecule has 2 N–H and O–H groups in total. The van der Waals surface area contributed by atoms with Gasteiger partial charge in [-0.05, 0) is 31.2 Å². The largest absolute Gasteiger partial charge is 0.392 e. The van der Waals surface area contributed by atoms with Gasteiger partial charge in [-0.15, -0.1) is 0 Å². The lowest BCUT2D eigenvalue weighted by atomic mass is 10.0. The number of hydrogen-bond acceptors (Lipinski definition) is 2. The van der Waals surface area contributed by atoms with Crippen molar-refractivity contribution in [2.75, 3.05) is 13.1 Å². The smallest absolute Gasteiger partial charge is 0.0692 e. The van der Waals surface area contributed by atoms with Crippen molar-refractivity contribution in [3.8, 4) is 0 Å². The molecule has 1 rings (SSSR count). The fourth-order valence-corrected chi connectivity index (χ4v) is 2.13. The molecule has 0 saturated heterocycles. The van der Waals surface area contributed by atoms with E-state index in [1.54, 1.807) is 0 Å². The average Bonchev–Trinajstić information content (AvgIpc) is 2.70. The van der Waals surface area contributed by atoms with Crippen LogP contribution >= 0.6 is 0 Å². The average molecular weight is 199 g/mol. The van der Waals surface area contributed by atoms with Gasteiger partial charge in [0.2, 0.25) is 0 Å². The van der Waals surface area contributed by atoms with Gasteiger partial charge in [0.15, 0.2) is 0 Å². The predicted octanol–water partition coefficient (Wildman–Crippen LogP) is 2.17. The first-order valence-electron chi connectivity index (χ1n) is 6.12. The summed E-state index contributed by atoms with van der Waals surface area (Å²) in [6, 6.07) is 0. The molecule has 0 aromatic carbocycles. The normalized spacial score (nSPS) is 22.5. The monoisotopic (exact) mass is 199 g/mol. The molecule has 1 aliphatic carbocycles. The van der Waals surface area contributed by atoms with Gasteiger partial charge in [-0.25, -0.2) is 0 Å². The molecular formula is C12H25NO. The number of aliphatic hydroxyl groups excluding tert-OH is 1. The van der Waals surface area contributed by atoms with Crippen LogP contribution in [0.3, 0.4) is 0 Å². The molecule has 14 heavy (non-hydrogen) atoms. The minimum Gasteiger partial charge on any atom is -0.392 e. The SMILES string of the molecule is CCC(C)CNCC(O)C1CCCC1. The van der Waals surface area contributed by atoms with Crippen molar-refractivity contribution in [2.45, 2.75) is 52.1 Å². The zero-order valence-corrected chi connectivity index (χ0v) is 9.63. The Morgan fingerprint density at radius 3 is 2.50 bits per heavy atom. The van der Waals surface area contributed by atoms with Gasteiger partial charge in [-0.3, -0.25) is 0 Å². The topological polar surface area (TPSA) is 32.3 Å². The van der Waals surface area contributed by atoms with Crippen LogP contribution in [0.1, 0.15) is 46.0 Å². The second kappa shape index (κ2) is 6.41. The fourth-order valence-electron chi connectivity index (χ4n) is 2.13. The van der Waals surface area contributed by atoms with E-state index >= 15 is 0 Å². The van der Waals surface area contributed by atoms with Crippen LogP contribution in [-0.2, 0) is 0 Å². The highest BCUT2D eigenvalue weighted by Crippen LogP contribution is 2.27. The molecule has 0 radical (unpaired) electrons. The standard InChI is InChI=1S/C12H25NO/c1-3-10(2)8-13-9-12(14)11-6-4-5-7-11/h10-14H,3-9H2,1-2H3. The van der Waals surface area contributed by atoms with Crippen molar-refractivity contribution < 1.29 is 5.11 Å². The number of hydrogen-bond donors (Lipinski definition) is 2. The molecule has 0 bridgehead atoms. The highest BCUT2D eigenvalue weighted by molar-refractivity contribution is 4.76. The van der Waals surface area contributed by atoms with Gasteiger partial charge in [-0.1, -0.05) is 33.1 Å². The first-order chi connectivity index (χ1) is 6.74. The van der Waals surface area contributed by atoms with Crippen molar-refractivity contribution >= 4 is 0 Å². The van der Waals surface area contributed by atoms with Gasteiger partial charge in [0, 0.05) is 6.54 Å². The van der Waals surface area contributed by atoms with E-state index in [0.29, 0.717) is 5.92 Å². The molecule has 1 saturated carbocycles. The third-order valence-electron chi connectivity index (χ3n) is 3.49. The van der Waals surface area contributed by atoms with Crippen molar-refractivity contribution in [3.05, 3.63) is 0 Å². The van der Waals surface area contributed by atoms with Gasteiger partial charge in [0.05, 0.1) is 6.10 Å². The van der Waals surface area contributed by atoms with Gasteiger partial charge in [0.25, 0.3) is 0 Å². The summed E-state index contributed by atoms with van der Waals surface area (Å²) in [6.45, 7) is 6.28. The van der Waals surface area contributed by atoms with Crippen molar-refractivity contribution in [2.24, 2.45) is 11.8 Å². The maximum Gasteiger partial charge on any atom is 0.0692 e. The lowest BCUT2D eigenvalue weighted by molar-refractivity contribution is 0.108. The zero-order valence-electron chi connectivity index (χ0n) is 9.63. The molecule has 0 aromatic rings. The highest BCUT2D eigenvalue weighted by Gasteiger charge is 2.22. The molecule has 2 nitrogen and oxygen atoms in total. The molecule has 84 valence electrons. The Balaban J connectivity index is 2.05. The third-order valence-corrected chi connectivity index (χ3v) is 3.49. The van der Waals surface area contributed by atoms with E-state index in [9.17, 15) is 5.11 Å². The minimum absolute atomic E-state index is 0.110. The Morgan fingerprint density at radius 1 is 1.29 bits per heavy atom. The molecular weight excluding hydrogens is 174 g/mol. The Morgan fingerprint density at radius 2 is 1.93 bits per heavy atom. The summed E-state index contributed by atoms with van der Waals surface area (Å²) in [5, 5.41) is 13.2. The van der Waals surface area contributed by atoms with Crippen LogP contribution in [-0.4, -0.2) is 24.3 Å². The van der Waals surface area contributed by atoms with Crippen molar-refractivity contribution in [1.82, 2.24) is 5.32 Å². The van der Waals surface area contributed by atoms with E-state index in [1.807, 2.05) is 0 Å². The lowest BCUT2D eigenvalue weighted by Crippen LogP contribution is -2.34. The summed E-state index contributed by atoms with van der Waals surface area (Å²) in [5.41, 5.74) is 0. The molecule has 0 spiro atoms. The molecule has 2 heteroatoms. The third kappa shape index (κ3) is 3.97. The minimum atomic E-state index is -0.110. The maximum absolute atomic E-state index is 9.87. The Hall–Kier alpha value is -0.0800. The van der Waals surface area contributed by atoms with E-state index in [1.165, 1.54) is 32.1 Å². The first kappa shape index (κ1) is 12.0. The lowest BCUT2D eigenvalue weighted by Gasteiger charge is -2.19. The summed E-state index contributed by atoms with van der Waals surface area (Å²) in [6.07, 6.45) is 6.19. The summed E-state index contributed by atoms with van der Waals surface area (Å²) in [7, 11) is 0. The summed E-state index contributed by atoms with van der Waals surface area (Å²) in [4.78, 5) is 0. The predicted molar refractivity (Wildman–Crippen MR) is 60.3 cm³/mol. The van der Waals surface area contributed by atoms with Crippen LogP contribution in [0.5, 0.6) is 0 Å². The zero-order chi connectivity index (χ0) is 10.4. The Bertz CT molecular complexity index is 143. The molecule has 2 atom stereocenters. The van der Waals surface area contributed by atoms with Gasteiger partial charge < -0.3 is 10.4 Å². The van der Waals surface area contributed by atoms with Crippen LogP contribution in [0.15, 0.2) is 0 Å². The van der Waals surface area contributed by atoms with Crippen LogP contribution < -0.4 is 5.32 Å². The van der Waals surface area contributed by atoms with Crippen molar-refractivity contribution in [3.63, 3.8) is 0 Å². The van der Waals surface area contributed by atoms with E-state index in [-0.39, 0.29) is 6.10 Å². The van der Waals surface area contributed by atoms with E-state index in [2.05, 4.69) is 19.2 Å². The number of rotatable bonds is 6. The van der Waals surface area contributed by atoms with Gasteiger partial charge in [-0.2, -0.15) is 0 Å². The van der Waals surface area contributed by atoms with Crippen LogP contribution in [0, 0.1) is 11.8 Å². The Labute approximate surface area is 88.1 Å². The van der Waals surface area contributed by atoms with Crippen LogP contribution in [0.2, 0.25) is 0 Å². The highest BCUT2D eigenvalue weighted by atomic mass is 16.3. The summed E-state index contributed by atoms with van der Waals surface area (Å²) in [5.74, 6) is 1.30. The van der Waals surface area contributed by atoms with E-state index in [4.69, 9.17) is 0 Å². The molecule has 0 heterocycles. The molecule has 2 unspecified atom stereocenters. The second-order valence-corrected chi connectivity index (χ2v) is 4.78. The molecule has 0 amide bonds. The quantitative estimate of drug-likeness (QED) is 0.687. The van der Waals surface area contributed by atoms with Crippen molar-refractivity contribution in [1.29, 1.82) is 0 Å². The van der Waals surface area contributed by atoms with Crippen LogP contribution in [0.4, 0.5) is 0 Å². The Kier molecular flexibility index (Phi) is 5.49. The molecule has 1 fully saturated rings. The molecule has 1 aliphatic rings. The summed E-state index contributed by atoms with van der Waals surface area (Å²) >= 11 is 0. The van der Waals surface area contributed by atoms with E-state index in [0.717, 1.165) is 19.0 Å². The molecule has 0 aromatic heterocycles. The van der Waals surface area contributed by atoms with Crippen LogP contribution in [0.25, 0.3) is 0 Å². The van der Waals surface area contributed by atoms with Gasteiger partial charge in [0.1, 0.15) is 0 Å². The van der Waals surface area contributed by atoms with Gasteiger partial charge >= 0.3 is 0 Å². The second-order valence-electron chi connectivity index (χ2n) is 4.78.